The maximum absolute atomic E-state index is 13.7. The van der Waals surface area contributed by atoms with Crippen LogP contribution in [-0.4, -0.2) is 25.5 Å². The molecule has 0 spiro atoms. The van der Waals surface area contributed by atoms with Crippen LogP contribution in [0.4, 0.5) is 10.1 Å². The highest BCUT2D eigenvalue weighted by Crippen LogP contribution is 2.19. The lowest BCUT2D eigenvalue weighted by atomic mass is 9.95. The Hall–Kier alpha value is -1.95. The second-order valence-electron chi connectivity index (χ2n) is 4.76. The van der Waals surface area contributed by atoms with Crippen LogP contribution in [0.3, 0.4) is 0 Å². The highest BCUT2D eigenvalue weighted by Gasteiger charge is 2.22. The molecule has 1 aromatic rings. The number of carbonyl (C=O) groups is 2. The molecule has 20 heavy (non-hydrogen) atoms. The Balaban J connectivity index is 2.96. The van der Waals surface area contributed by atoms with Gasteiger partial charge in [-0.1, -0.05) is 13.8 Å². The Morgan fingerprint density at radius 1 is 1.40 bits per heavy atom. The number of rotatable bonds is 5. The number of nitrogens with one attached hydrogen (secondary N) is 1. The first-order valence-electron chi connectivity index (χ1n) is 6.29. The van der Waals surface area contributed by atoms with Gasteiger partial charge in [0.1, 0.15) is 5.82 Å². The minimum absolute atomic E-state index is 0.0341. The summed E-state index contributed by atoms with van der Waals surface area (Å²) in [7, 11) is 1.23. The number of nitrogens with two attached hydrogens (primary N) is 1. The van der Waals surface area contributed by atoms with Gasteiger partial charge in [0, 0.05) is 6.54 Å². The molecule has 1 unspecified atom stereocenters. The molecule has 1 amide bonds. The van der Waals surface area contributed by atoms with Crippen molar-refractivity contribution >= 4 is 17.6 Å². The molecule has 0 aliphatic rings. The predicted octanol–water partition coefficient (Wildman–Crippen LogP) is 1.78. The number of hydrogen-bond donors (Lipinski definition) is 2. The summed E-state index contributed by atoms with van der Waals surface area (Å²) in [5.74, 6) is -1.98. The average molecular weight is 282 g/mol. The molecular formula is C14H19FN2O3. The number of hydrogen-bond acceptors (Lipinski definition) is 4. The summed E-state index contributed by atoms with van der Waals surface area (Å²) in [6.45, 7) is 3.89. The van der Waals surface area contributed by atoms with Crippen LogP contribution in [0.25, 0.3) is 0 Å². The van der Waals surface area contributed by atoms with E-state index in [-0.39, 0.29) is 29.6 Å². The van der Waals surface area contributed by atoms with Crippen molar-refractivity contribution in [1.82, 2.24) is 0 Å². The number of benzene rings is 1. The largest absolute Gasteiger partial charge is 0.465 e. The van der Waals surface area contributed by atoms with Crippen molar-refractivity contribution in [3.8, 4) is 0 Å². The summed E-state index contributed by atoms with van der Waals surface area (Å²) >= 11 is 0. The molecule has 1 atom stereocenters. The Kier molecular flexibility index (Phi) is 5.64. The van der Waals surface area contributed by atoms with E-state index in [1.165, 1.54) is 19.2 Å². The average Bonchev–Trinajstić information content (AvgIpc) is 2.40. The first-order valence-corrected chi connectivity index (χ1v) is 6.29. The summed E-state index contributed by atoms with van der Waals surface area (Å²) < 4.78 is 18.2. The molecule has 0 radical (unpaired) electrons. The van der Waals surface area contributed by atoms with Crippen molar-refractivity contribution in [2.45, 2.75) is 13.8 Å². The zero-order valence-electron chi connectivity index (χ0n) is 11.8. The summed E-state index contributed by atoms with van der Waals surface area (Å²) in [5.41, 5.74) is 5.64. The normalized spacial score (nSPS) is 12.1. The van der Waals surface area contributed by atoms with Crippen LogP contribution in [0, 0.1) is 17.7 Å². The second-order valence-corrected chi connectivity index (χ2v) is 4.76. The van der Waals surface area contributed by atoms with Gasteiger partial charge in [-0.3, -0.25) is 4.79 Å². The van der Waals surface area contributed by atoms with Gasteiger partial charge in [0.15, 0.2) is 0 Å². The van der Waals surface area contributed by atoms with Crippen LogP contribution >= 0.6 is 0 Å². The Morgan fingerprint density at radius 3 is 2.55 bits per heavy atom. The van der Waals surface area contributed by atoms with Crippen molar-refractivity contribution < 1.29 is 18.7 Å². The summed E-state index contributed by atoms with van der Waals surface area (Å²) in [5, 5.41) is 2.46. The quantitative estimate of drug-likeness (QED) is 0.807. The van der Waals surface area contributed by atoms with Gasteiger partial charge >= 0.3 is 5.97 Å². The van der Waals surface area contributed by atoms with E-state index in [9.17, 15) is 14.0 Å². The minimum atomic E-state index is -0.620. The molecule has 0 saturated carbocycles. The molecule has 3 N–H and O–H groups in total. The number of halogens is 1. The van der Waals surface area contributed by atoms with E-state index in [0.29, 0.717) is 0 Å². The maximum atomic E-state index is 13.7. The fourth-order valence-corrected chi connectivity index (χ4v) is 1.77. The fourth-order valence-electron chi connectivity index (χ4n) is 1.77. The molecule has 1 aromatic carbocycles. The van der Waals surface area contributed by atoms with Crippen LogP contribution in [0.15, 0.2) is 18.2 Å². The lowest BCUT2D eigenvalue weighted by molar-refractivity contribution is -0.120. The Morgan fingerprint density at radius 2 is 2.05 bits per heavy atom. The lowest BCUT2D eigenvalue weighted by Gasteiger charge is -2.18. The van der Waals surface area contributed by atoms with E-state index in [0.717, 1.165) is 6.07 Å². The molecule has 1 rings (SSSR count). The van der Waals surface area contributed by atoms with E-state index in [1.807, 2.05) is 13.8 Å². The third kappa shape index (κ3) is 3.77. The van der Waals surface area contributed by atoms with Crippen molar-refractivity contribution in [1.29, 1.82) is 0 Å². The molecule has 0 heterocycles. The van der Waals surface area contributed by atoms with Crippen LogP contribution in [-0.2, 0) is 9.53 Å². The molecule has 6 heteroatoms. The zero-order chi connectivity index (χ0) is 15.3. The molecule has 5 nitrogen and oxygen atoms in total. The molecule has 0 aromatic heterocycles. The van der Waals surface area contributed by atoms with E-state index in [1.54, 1.807) is 0 Å². The highest BCUT2D eigenvalue weighted by atomic mass is 19.1. The van der Waals surface area contributed by atoms with Gasteiger partial charge in [0.2, 0.25) is 5.91 Å². The predicted molar refractivity (Wildman–Crippen MR) is 73.8 cm³/mol. The number of esters is 1. The zero-order valence-corrected chi connectivity index (χ0v) is 11.8. The van der Waals surface area contributed by atoms with Crippen LogP contribution in [0.2, 0.25) is 0 Å². The molecule has 0 saturated heterocycles. The van der Waals surface area contributed by atoms with Crippen LogP contribution < -0.4 is 11.1 Å². The smallest absolute Gasteiger partial charge is 0.337 e. The number of carbonyl (C=O) groups excluding carboxylic acids is 2. The minimum Gasteiger partial charge on any atom is -0.465 e. The Labute approximate surface area is 117 Å². The van der Waals surface area contributed by atoms with Crippen molar-refractivity contribution in [3.05, 3.63) is 29.6 Å². The van der Waals surface area contributed by atoms with E-state index >= 15 is 0 Å². The van der Waals surface area contributed by atoms with Gasteiger partial charge in [-0.05, 0) is 24.1 Å². The molecule has 0 fully saturated rings. The number of amides is 1. The first kappa shape index (κ1) is 16.1. The van der Waals surface area contributed by atoms with Gasteiger partial charge in [-0.15, -0.1) is 0 Å². The van der Waals surface area contributed by atoms with E-state index < -0.39 is 17.7 Å². The molecule has 110 valence electrons. The lowest BCUT2D eigenvalue weighted by Crippen LogP contribution is -2.33. The molecule has 0 aliphatic heterocycles. The SMILES string of the molecule is COC(=O)c1ccc(F)c(NC(=O)C(CN)C(C)C)c1. The highest BCUT2D eigenvalue weighted by molar-refractivity contribution is 5.95. The standard InChI is InChI=1S/C14H19FN2O3/c1-8(2)10(7-16)13(18)17-12-6-9(14(19)20-3)4-5-11(12)15/h4-6,8,10H,7,16H2,1-3H3,(H,17,18). The number of anilines is 1. The monoisotopic (exact) mass is 282 g/mol. The van der Waals surface area contributed by atoms with Crippen LogP contribution in [0.1, 0.15) is 24.2 Å². The van der Waals surface area contributed by atoms with Crippen molar-refractivity contribution in [3.63, 3.8) is 0 Å². The molecular weight excluding hydrogens is 263 g/mol. The molecule has 0 aliphatic carbocycles. The second kappa shape index (κ2) is 7.00. The summed E-state index contributed by atoms with van der Waals surface area (Å²) in [6, 6.07) is 3.64. The van der Waals surface area contributed by atoms with Crippen molar-refractivity contribution in [2.75, 3.05) is 19.0 Å². The number of ether oxygens (including phenoxy) is 1. The Bertz CT molecular complexity index is 503. The topological polar surface area (TPSA) is 81.4 Å². The van der Waals surface area contributed by atoms with E-state index in [4.69, 9.17) is 5.73 Å². The van der Waals surface area contributed by atoms with Crippen molar-refractivity contribution in [2.24, 2.45) is 17.6 Å². The maximum Gasteiger partial charge on any atom is 0.337 e. The number of methoxy groups -OCH3 is 1. The van der Waals surface area contributed by atoms with Crippen LogP contribution in [0.5, 0.6) is 0 Å². The third-order valence-electron chi connectivity index (χ3n) is 3.04. The summed E-state index contributed by atoms with van der Waals surface area (Å²) in [6.07, 6.45) is 0. The van der Waals surface area contributed by atoms with Gasteiger partial charge in [-0.2, -0.15) is 0 Å². The van der Waals surface area contributed by atoms with Gasteiger partial charge in [-0.25, -0.2) is 9.18 Å². The van der Waals surface area contributed by atoms with Gasteiger partial charge in [0.25, 0.3) is 0 Å². The third-order valence-corrected chi connectivity index (χ3v) is 3.04. The first-order chi connectivity index (χ1) is 9.40. The fraction of sp³-hybridized carbons (Fsp3) is 0.429. The molecule has 0 bridgehead atoms. The van der Waals surface area contributed by atoms with Gasteiger partial charge < -0.3 is 15.8 Å². The van der Waals surface area contributed by atoms with Gasteiger partial charge in [0.05, 0.1) is 24.3 Å². The van der Waals surface area contributed by atoms with E-state index in [2.05, 4.69) is 10.1 Å². The summed E-state index contributed by atoms with van der Waals surface area (Å²) in [4.78, 5) is 23.4.